The number of hydrogen-bond acceptors (Lipinski definition) is 3. The molecule has 0 aromatic heterocycles. The van der Waals surface area contributed by atoms with E-state index in [9.17, 15) is 4.79 Å². The highest BCUT2D eigenvalue weighted by Gasteiger charge is 2.25. The highest BCUT2D eigenvalue weighted by atomic mass is 79.9. The van der Waals surface area contributed by atoms with E-state index in [0.717, 1.165) is 0 Å². The molecule has 1 aliphatic heterocycles. The van der Waals surface area contributed by atoms with Gasteiger partial charge in [0.1, 0.15) is 0 Å². The molecule has 1 aromatic rings. The average Bonchev–Trinajstić information content (AvgIpc) is 2.38. The van der Waals surface area contributed by atoms with Crippen molar-refractivity contribution in [1.29, 1.82) is 0 Å². The third-order valence-electron chi connectivity index (χ3n) is 2.79. The van der Waals surface area contributed by atoms with Crippen LogP contribution in [0.3, 0.4) is 0 Å². The van der Waals surface area contributed by atoms with Gasteiger partial charge in [0.2, 0.25) is 0 Å². The Kier molecular flexibility index (Phi) is 4.61. The minimum atomic E-state index is -0.297. The summed E-state index contributed by atoms with van der Waals surface area (Å²) in [7, 11) is 0. The lowest BCUT2D eigenvalue weighted by Crippen LogP contribution is -2.47. The first-order valence-corrected chi connectivity index (χ1v) is 6.75. The van der Waals surface area contributed by atoms with Gasteiger partial charge in [-0.25, -0.2) is 0 Å². The number of aliphatic hydroxyl groups excluding tert-OH is 1. The van der Waals surface area contributed by atoms with E-state index in [1.807, 2.05) is 0 Å². The van der Waals surface area contributed by atoms with E-state index in [1.165, 1.54) is 0 Å². The summed E-state index contributed by atoms with van der Waals surface area (Å²) in [5, 5.41) is 9.64. The summed E-state index contributed by atoms with van der Waals surface area (Å²) in [4.78, 5) is 14.0. The van der Waals surface area contributed by atoms with Gasteiger partial charge in [0.15, 0.2) is 0 Å². The van der Waals surface area contributed by atoms with Gasteiger partial charge in [-0.05, 0) is 34.1 Å². The average molecular weight is 335 g/mol. The van der Waals surface area contributed by atoms with Crippen LogP contribution in [0.25, 0.3) is 0 Å². The number of halogens is 2. The molecule has 0 spiro atoms. The zero-order valence-electron chi connectivity index (χ0n) is 9.60. The van der Waals surface area contributed by atoms with Crippen LogP contribution in [-0.4, -0.2) is 48.3 Å². The first-order valence-electron chi connectivity index (χ1n) is 5.58. The largest absolute Gasteiger partial charge is 0.394 e. The van der Waals surface area contributed by atoms with Crippen LogP contribution in [0.5, 0.6) is 0 Å². The Morgan fingerprint density at radius 3 is 3.06 bits per heavy atom. The lowest BCUT2D eigenvalue weighted by atomic mass is 10.1. The van der Waals surface area contributed by atoms with Gasteiger partial charge in [-0.2, -0.15) is 0 Å². The fourth-order valence-electron chi connectivity index (χ4n) is 1.85. The quantitative estimate of drug-likeness (QED) is 0.899. The second-order valence-corrected chi connectivity index (χ2v) is 5.34. The van der Waals surface area contributed by atoms with Gasteiger partial charge in [-0.3, -0.25) is 4.79 Å². The number of nitrogens with zero attached hydrogens (tertiary/aromatic N) is 1. The standard InChI is InChI=1S/C12H13BrClNO3/c13-11-5-8(14)1-2-10(11)12(17)15-3-4-18-9(6-15)7-16/h1-2,5,9,16H,3-4,6-7H2. The maximum atomic E-state index is 12.3. The maximum Gasteiger partial charge on any atom is 0.255 e. The molecule has 1 aliphatic rings. The van der Waals surface area contributed by atoms with Gasteiger partial charge in [0.05, 0.1) is 24.9 Å². The first-order chi connectivity index (χ1) is 8.61. The Bertz CT molecular complexity index is 455. The molecule has 1 heterocycles. The van der Waals surface area contributed by atoms with Crippen molar-refractivity contribution in [3.63, 3.8) is 0 Å². The highest BCUT2D eigenvalue weighted by Crippen LogP contribution is 2.23. The monoisotopic (exact) mass is 333 g/mol. The van der Waals surface area contributed by atoms with Crippen LogP contribution >= 0.6 is 27.5 Å². The van der Waals surface area contributed by atoms with Crippen LogP contribution in [0.4, 0.5) is 0 Å². The van der Waals surface area contributed by atoms with Gasteiger partial charge < -0.3 is 14.7 Å². The minimum Gasteiger partial charge on any atom is -0.394 e. The fraction of sp³-hybridized carbons (Fsp3) is 0.417. The van der Waals surface area contributed by atoms with Gasteiger partial charge in [0, 0.05) is 22.6 Å². The number of rotatable bonds is 2. The number of benzene rings is 1. The Morgan fingerprint density at radius 1 is 1.61 bits per heavy atom. The molecule has 18 heavy (non-hydrogen) atoms. The number of ether oxygens (including phenoxy) is 1. The minimum absolute atomic E-state index is 0.0778. The van der Waals surface area contributed by atoms with Crippen LogP contribution in [0.2, 0.25) is 5.02 Å². The normalized spacial score (nSPS) is 19.9. The van der Waals surface area contributed by atoms with Crippen LogP contribution in [0, 0.1) is 0 Å². The predicted molar refractivity (Wildman–Crippen MR) is 71.9 cm³/mol. The Morgan fingerprint density at radius 2 is 2.39 bits per heavy atom. The van der Waals surface area contributed by atoms with Crippen molar-refractivity contribution >= 4 is 33.4 Å². The van der Waals surface area contributed by atoms with Crippen molar-refractivity contribution in [3.05, 3.63) is 33.3 Å². The zero-order valence-corrected chi connectivity index (χ0v) is 11.9. The van der Waals surface area contributed by atoms with Crippen molar-refractivity contribution in [1.82, 2.24) is 4.90 Å². The second-order valence-electron chi connectivity index (χ2n) is 4.05. The molecular formula is C12H13BrClNO3. The van der Waals surface area contributed by atoms with Crippen molar-refractivity contribution in [3.8, 4) is 0 Å². The lowest BCUT2D eigenvalue weighted by Gasteiger charge is -2.32. The molecule has 2 rings (SSSR count). The van der Waals surface area contributed by atoms with Crippen molar-refractivity contribution in [2.75, 3.05) is 26.3 Å². The summed E-state index contributed by atoms with van der Waals surface area (Å²) in [6.45, 7) is 1.31. The molecule has 1 aromatic carbocycles. The molecular weight excluding hydrogens is 321 g/mol. The van der Waals surface area contributed by atoms with Gasteiger partial charge in [0.25, 0.3) is 5.91 Å². The maximum absolute atomic E-state index is 12.3. The van der Waals surface area contributed by atoms with Crippen LogP contribution in [0.15, 0.2) is 22.7 Å². The molecule has 1 N–H and O–H groups in total. The van der Waals surface area contributed by atoms with Crippen LogP contribution in [0.1, 0.15) is 10.4 Å². The smallest absolute Gasteiger partial charge is 0.255 e. The molecule has 98 valence electrons. The fourth-order valence-corrected chi connectivity index (χ4v) is 2.70. The highest BCUT2D eigenvalue weighted by molar-refractivity contribution is 9.10. The molecule has 0 aliphatic carbocycles. The van der Waals surface area contributed by atoms with Crippen molar-refractivity contribution in [2.24, 2.45) is 0 Å². The predicted octanol–water partition coefficient (Wildman–Crippen LogP) is 1.94. The molecule has 1 fully saturated rings. The number of aliphatic hydroxyl groups is 1. The van der Waals surface area contributed by atoms with E-state index in [-0.39, 0.29) is 18.6 Å². The Balaban J connectivity index is 2.15. The third kappa shape index (κ3) is 3.03. The Hall–Kier alpha value is -0.620. The summed E-state index contributed by atoms with van der Waals surface area (Å²) >= 11 is 9.18. The molecule has 4 nitrogen and oxygen atoms in total. The van der Waals surface area contributed by atoms with Crippen LogP contribution in [-0.2, 0) is 4.74 Å². The number of carbonyl (C=O) groups excluding carboxylic acids is 1. The number of amides is 1. The molecule has 1 saturated heterocycles. The third-order valence-corrected chi connectivity index (χ3v) is 3.68. The van der Waals surface area contributed by atoms with E-state index < -0.39 is 0 Å². The van der Waals surface area contributed by atoms with Crippen LogP contribution < -0.4 is 0 Å². The van der Waals surface area contributed by atoms with Gasteiger partial charge in [-0.1, -0.05) is 11.6 Å². The zero-order chi connectivity index (χ0) is 13.1. The topological polar surface area (TPSA) is 49.8 Å². The molecule has 1 atom stereocenters. The molecule has 1 amide bonds. The molecule has 6 heteroatoms. The summed E-state index contributed by atoms with van der Waals surface area (Å²) in [6.07, 6.45) is -0.297. The second kappa shape index (κ2) is 6.02. The molecule has 1 unspecified atom stereocenters. The summed E-state index contributed by atoms with van der Waals surface area (Å²) in [5.74, 6) is -0.0831. The number of carbonyl (C=O) groups is 1. The van der Waals surface area contributed by atoms with E-state index in [4.69, 9.17) is 21.4 Å². The van der Waals surface area contributed by atoms with Gasteiger partial charge in [-0.15, -0.1) is 0 Å². The SMILES string of the molecule is O=C(c1ccc(Cl)cc1Br)N1CCOC(CO)C1. The molecule has 0 radical (unpaired) electrons. The van der Waals surface area contributed by atoms with Crippen molar-refractivity contribution < 1.29 is 14.6 Å². The number of morpholine rings is 1. The molecule has 0 bridgehead atoms. The van der Waals surface area contributed by atoms with E-state index in [0.29, 0.717) is 34.8 Å². The van der Waals surface area contributed by atoms with Gasteiger partial charge >= 0.3 is 0 Å². The van der Waals surface area contributed by atoms with E-state index >= 15 is 0 Å². The summed E-state index contributed by atoms with van der Waals surface area (Å²) in [5.41, 5.74) is 0.568. The van der Waals surface area contributed by atoms with E-state index in [1.54, 1.807) is 23.1 Å². The Labute approximate surface area is 119 Å². The number of hydrogen-bond donors (Lipinski definition) is 1. The lowest BCUT2D eigenvalue weighted by molar-refractivity contribution is -0.0447. The summed E-state index contributed by atoms with van der Waals surface area (Å²) < 4.78 is 5.99. The van der Waals surface area contributed by atoms with Crippen molar-refractivity contribution in [2.45, 2.75) is 6.10 Å². The van der Waals surface area contributed by atoms with E-state index in [2.05, 4.69) is 15.9 Å². The first kappa shape index (κ1) is 13.8. The summed E-state index contributed by atoms with van der Waals surface area (Å²) in [6, 6.07) is 5.07. The molecule has 0 saturated carbocycles.